The van der Waals surface area contributed by atoms with Gasteiger partial charge in [0.15, 0.2) is 0 Å². The van der Waals surface area contributed by atoms with Gasteiger partial charge in [-0.3, -0.25) is 4.98 Å². The Hall–Kier alpha value is -2.13. The number of nitrogens with zero attached hydrogens (tertiary/aromatic N) is 1. The first-order valence-corrected chi connectivity index (χ1v) is 6.35. The summed E-state index contributed by atoms with van der Waals surface area (Å²) >= 11 is 0. The number of rotatable bonds is 3. The van der Waals surface area contributed by atoms with Gasteiger partial charge in [0.2, 0.25) is 0 Å². The Labute approximate surface area is 112 Å². The number of furan rings is 1. The molecule has 3 heteroatoms. The van der Waals surface area contributed by atoms with Crippen molar-refractivity contribution in [2.45, 2.75) is 13.0 Å². The summed E-state index contributed by atoms with van der Waals surface area (Å²) in [7, 11) is 1.94. The third kappa shape index (κ3) is 2.02. The summed E-state index contributed by atoms with van der Waals surface area (Å²) in [5.74, 6) is 0.945. The van der Waals surface area contributed by atoms with Crippen LogP contribution in [0.1, 0.15) is 22.9 Å². The molecule has 0 saturated carbocycles. The molecule has 2 aromatic heterocycles. The lowest BCUT2D eigenvalue weighted by molar-refractivity contribution is 0.461. The van der Waals surface area contributed by atoms with Crippen LogP contribution >= 0.6 is 0 Å². The summed E-state index contributed by atoms with van der Waals surface area (Å²) in [4.78, 5) is 4.34. The average Bonchev–Trinajstić information content (AvgIpc) is 2.86. The number of aromatic nitrogens is 1. The van der Waals surface area contributed by atoms with Gasteiger partial charge in [0.1, 0.15) is 5.76 Å². The van der Waals surface area contributed by atoms with Crippen molar-refractivity contribution in [3.63, 3.8) is 0 Å². The van der Waals surface area contributed by atoms with Crippen molar-refractivity contribution < 1.29 is 4.42 Å². The Balaban J connectivity index is 2.20. The lowest BCUT2D eigenvalue weighted by atomic mass is 9.98. The van der Waals surface area contributed by atoms with Crippen LogP contribution in [-0.2, 0) is 0 Å². The van der Waals surface area contributed by atoms with E-state index in [1.54, 1.807) is 6.26 Å². The highest BCUT2D eigenvalue weighted by atomic mass is 16.3. The molecule has 0 fully saturated rings. The maximum Gasteiger partial charge on any atom is 0.128 e. The van der Waals surface area contributed by atoms with Crippen LogP contribution in [-0.4, -0.2) is 12.0 Å². The molecular weight excluding hydrogens is 236 g/mol. The van der Waals surface area contributed by atoms with Crippen molar-refractivity contribution in [3.8, 4) is 0 Å². The van der Waals surface area contributed by atoms with E-state index in [4.69, 9.17) is 4.42 Å². The predicted molar refractivity (Wildman–Crippen MR) is 76.1 cm³/mol. The monoisotopic (exact) mass is 252 g/mol. The van der Waals surface area contributed by atoms with E-state index in [9.17, 15) is 0 Å². The maximum atomic E-state index is 5.63. The van der Waals surface area contributed by atoms with Crippen LogP contribution in [0.25, 0.3) is 10.8 Å². The molecule has 1 N–H and O–H groups in total. The number of benzene rings is 1. The van der Waals surface area contributed by atoms with E-state index in [-0.39, 0.29) is 6.04 Å². The minimum Gasteiger partial charge on any atom is -0.467 e. The lowest BCUT2D eigenvalue weighted by Crippen LogP contribution is -2.18. The molecule has 0 aliphatic rings. The SMILES string of the molecule is CNC(c1occc1C)c1cncc2ccccc12. The first kappa shape index (κ1) is 11.9. The second-order valence-corrected chi connectivity index (χ2v) is 4.64. The van der Waals surface area contributed by atoms with E-state index in [1.807, 2.05) is 37.6 Å². The summed E-state index contributed by atoms with van der Waals surface area (Å²) in [5, 5.41) is 5.66. The van der Waals surface area contributed by atoms with Crippen LogP contribution in [0.5, 0.6) is 0 Å². The maximum absolute atomic E-state index is 5.63. The molecule has 0 aliphatic heterocycles. The highest BCUT2D eigenvalue weighted by Gasteiger charge is 2.19. The number of aryl methyl sites for hydroxylation is 1. The predicted octanol–water partition coefficient (Wildman–Crippen LogP) is 3.45. The van der Waals surface area contributed by atoms with Gasteiger partial charge in [-0.15, -0.1) is 0 Å². The average molecular weight is 252 g/mol. The van der Waals surface area contributed by atoms with Gasteiger partial charge in [0.25, 0.3) is 0 Å². The first-order chi connectivity index (χ1) is 9.31. The van der Waals surface area contributed by atoms with E-state index in [0.717, 1.165) is 22.3 Å². The zero-order chi connectivity index (χ0) is 13.2. The summed E-state index contributed by atoms with van der Waals surface area (Å²) in [6.07, 6.45) is 5.53. The first-order valence-electron chi connectivity index (χ1n) is 6.35. The Morgan fingerprint density at radius 3 is 2.74 bits per heavy atom. The topological polar surface area (TPSA) is 38.1 Å². The number of hydrogen-bond donors (Lipinski definition) is 1. The van der Waals surface area contributed by atoms with Crippen LogP contribution in [0.2, 0.25) is 0 Å². The van der Waals surface area contributed by atoms with Gasteiger partial charge in [-0.1, -0.05) is 24.3 Å². The number of fused-ring (bicyclic) bond motifs is 1. The molecule has 3 nitrogen and oxygen atoms in total. The number of hydrogen-bond acceptors (Lipinski definition) is 3. The molecule has 0 saturated heterocycles. The fourth-order valence-electron chi connectivity index (χ4n) is 2.48. The van der Waals surface area contributed by atoms with E-state index >= 15 is 0 Å². The molecule has 1 aromatic carbocycles. The molecule has 2 heterocycles. The highest BCUT2D eigenvalue weighted by molar-refractivity contribution is 5.85. The summed E-state index contributed by atoms with van der Waals surface area (Å²) in [5.41, 5.74) is 2.28. The number of nitrogens with one attached hydrogen (secondary N) is 1. The molecular formula is C16H16N2O. The minimum atomic E-state index is 0.0219. The van der Waals surface area contributed by atoms with Crippen LogP contribution in [0.4, 0.5) is 0 Å². The van der Waals surface area contributed by atoms with E-state index in [1.165, 1.54) is 5.39 Å². The normalized spacial score (nSPS) is 12.7. The molecule has 3 rings (SSSR count). The van der Waals surface area contributed by atoms with Crippen molar-refractivity contribution in [2.24, 2.45) is 0 Å². The molecule has 3 aromatic rings. The Morgan fingerprint density at radius 1 is 1.16 bits per heavy atom. The molecule has 0 amide bonds. The Morgan fingerprint density at radius 2 is 2.00 bits per heavy atom. The van der Waals surface area contributed by atoms with Gasteiger partial charge in [-0.2, -0.15) is 0 Å². The second-order valence-electron chi connectivity index (χ2n) is 4.64. The van der Waals surface area contributed by atoms with E-state index in [2.05, 4.69) is 29.4 Å². The smallest absolute Gasteiger partial charge is 0.128 e. The van der Waals surface area contributed by atoms with Crippen molar-refractivity contribution >= 4 is 10.8 Å². The van der Waals surface area contributed by atoms with Gasteiger partial charge >= 0.3 is 0 Å². The Kier molecular flexibility index (Phi) is 3.05. The molecule has 96 valence electrons. The summed E-state index contributed by atoms with van der Waals surface area (Å²) in [6, 6.07) is 10.3. The zero-order valence-electron chi connectivity index (χ0n) is 11.1. The quantitative estimate of drug-likeness (QED) is 0.776. The molecule has 0 bridgehead atoms. The molecule has 1 atom stereocenters. The van der Waals surface area contributed by atoms with Crippen LogP contribution in [0, 0.1) is 6.92 Å². The molecule has 0 radical (unpaired) electrons. The van der Waals surface area contributed by atoms with Crippen molar-refractivity contribution in [1.82, 2.24) is 10.3 Å². The van der Waals surface area contributed by atoms with Crippen molar-refractivity contribution in [2.75, 3.05) is 7.05 Å². The second kappa shape index (κ2) is 4.86. The summed E-state index contributed by atoms with van der Waals surface area (Å²) < 4.78 is 5.63. The van der Waals surface area contributed by atoms with Crippen molar-refractivity contribution in [3.05, 3.63) is 65.9 Å². The summed E-state index contributed by atoms with van der Waals surface area (Å²) in [6.45, 7) is 2.06. The largest absolute Gasteiger partial charge is 0.467 e. The zero-order valence-corrected chi connectivity index (χ0v) is 11.1. The fraction of sp³-hybridized carbons (Fsp3) is 0.188. The van der Waals surface area contributed by atoms with Crippen LogP contribution in [0.3, 0.4) is 0 Å². The molecule has 0 aliphatic carbocycles. The van der Waals surface area contributed by atoms with Gasteiger partial charge < -0.3 is 9.73 Å². The number of pyridine rings is 1. The van der Waals surface area contributed by atoms with Gasteiger partial charge in [-0.25, -0.2) is 0 Å². The fourth-order valence-corrected chi connectivity index (χ4v) is 2.48. The van der Waals surface area contributed by atoms with Crippen molar-refractivity contribution in [1.29, 1.82) is 0 Å². The minimum absolute atomic E-state index is 0.0219. The van der Waals surface area contributed by atoms with Gasteiger partial charge in [-0.05, 0) is 31.0 Å². The van der Waals surface area contributed by atoms with E-state index < -0.39 is 0 Å². The third-order valence-electron chi connectivity index (χ3n) is 3.46. The van der Waals surface area contributed by atoms with Crippen LogP contribution in [0.15, 0.2) is 53.4 Å². The van der Waals surface area contributed by atoms with Crippen LogP contribution < -0.4 is 5.32 Å². The molecule has 0 spiro atoms. The molecule has 1 unspecified atom stereocenters. The van der Waals surface area contributed by atoms with Gasteiger partial charge in [0, 0.05) is 23.3 Å². The third-order valence-corrected chi connectivity index (χ3v) is 3.46. The van der Waals surface area contributed by atoms with Gasteiger partial charge in [0.05, 0.1) is 12.3 Å². The Bertz CT molecular complexity index is 697. The standard InChI is InChI=1S/C16H16N2O/c1-11-7-8-19-16(11)15(17-2)14-10-18-9-12-5-3-4-6-13(12)14/h3-10,15,17H,1-2H3. The molecule has 19 heavy (non-hydrogen) atoms. The highest BCUT2D eigenvalue weighted by Crippen LogP contribution is 2.29. The van der Waals surface area contributed by atoms with E-state index in [0.29, 0.717) is 0 Å². The lowest BCUT2D eigenvalue weighted by Gasteiger charge is -2.17.